The smallest absolute Gasteiger partial charge is 0.217 e. The Morgan fingerprint density at radius 1 is 1.15 bits per heavy atom. The van der Waals surface area contributed by atoms with Gasteiger partial charge in [-0.15, -0.1) is 0 Å². The van der Waals surface area contributed by atoms with Crippen molar-refractivity contribution < 1.29 is 4.42 Å². The molecule has 20 heavy (non-hydrogen) atoms. The van der Waals surface area contributed by atoms with Gasteiger partial charge in [0.2, 0.25) is 5.96 Å². The first-order chi connectivity index (χ1) is 9.56. The summed E-state index contributed by atoms with van der Waals surface area (Å²) >= 11 is 0. The Hall–Kier alpha value is -2.56. The van der Waals surface area contributed by atoms with E-state index in [4.69, 9.17) is 15.9 Å². The number of nitrogens with zero attached hydrogens (tertiary/aromatic N) is 2. The molecule has 0 saturated heterocycles. The average Bonchev–Trinajstić information content (AvgIpc) is 2.91. The highest BCUT2D eigenvalue weighted by molar-refractivity contribution is 6.05. The van der Waals surface area contributed by atoms with Crippen LogP contribution in [0.3, 0.4) is 0 Å². The molecule has 0 unspecified atom stereocenters. The van der Waals surface area contributed by atoms with E-state index in [1.807, 2.05) is 50.2 Å². The molecule has 0 spiro atoms. The van der Waals surface area contributed by atoms with Crippen molar-refractivity contribution in [3.63, 3.8) is 0 Å². The van der Waals surface area contributed by atoms with Crippen LogP contribution in [0.15, 0.2) is 57.1 Å². The number of hydrogen-bond donors (Lipinski definition) is 2. The number of rotatable bonds is 3. The molecule has 0 amide bonds. The van der Waals surface area contributed by atoms with E-state index in [2.05, 4.69) is 9.98 Å². The summed E-state index contributed by atoms with van der Waals surface area (Å²) in [5, 5.41) is 0. The average molecular weight is 270 g/mol. The second-order valence-corrected chi connectivity index (χ2v) is 4.64. The molecule has 0 aliphatic heterocycles. The van der Waals surface area contributed by atoms with Crippen molar-refractivity contribution in [2.45, 2.75) is 19.9 Å². The van der Waals surface area contributed by atoms with Gasteiger partial charge in [-0.3, -0.25) is 0 Å². The van der Waals surface area contributed by atoms with Crippen molar-refractivity contribution in [1.29, 1.82) is 0 Å². The van der Waals surface area contributed by atoms with Crippen LogP contribution in [0.2, 0.25) is 0 Å². The molecule has 1 aromatic carbocycles. The fourth-order valence-electron chi connectivity index (χ4n) is 1.76. The molecule has 1 aromatic heterocycles. The van der Waals surface area contributed by atoms with Crippen LogP contribution in [0.25, 0.3) is 11.3 Å². The standard InChI is InChI=1S/C15H18N4O/c1-10(2)18-15(17)19-14(16)12-6-3-5-11(9-12)13-7-4-8-20-13/h3-10H,1-2H3,(H4,16,17,18,19). The maximum Gasteiger partial charge on any atom is 0.217 e. The first kappa shape index (κ1) is 13.9. The van der Waals surface area contributed by atoms with Gasteiger partial charge < -0.3 is 15.9 Å². The second-order valence-electron chi connectivity index (χ2n) is 4.64. The lowest BCUT2D eigenvalue weighted by molar-refractivity contribution is 0.582. The van der Waals surface area contributed by atoms with E-state index >= 15 is 0 Å². The van der Waals surface area contributed by atoms with Gasteiger partial charge in [0.1, 0.15) is 11.6 Å². The van der Waals surface area contributed by atoms with Gasteiger partial charge in [0.05, 0.1) is 6.26 Å². The van der Waals surface area contributed by atoms with Gasteiger partial charge in [-0.1, -0.05) is 18.2 Å². The number of furan rings is 1. The molecule has 2 aromatic rings. The first-order valence-electron chi connectivity index (χ1n) is 6.38. The van der Waals surface area contributed by atoms with Crippen molar-refractivity contribution in [1.82, 2.24) is 0 Å². The van der Waals surface area contributed by atoms with Crippen molar-refractivity contribution in [3.8, 4) is 11.3 Å². The van der Waals surface area contributed by atoms with Gasteiger partial charge in [0.25, 0.3) is 0 Å². The first-order valence-corrected chi connectivity index (χ1v) is 6.38. The third kappa shape index (κ3) is 3.47. The van der Waals surface area contributed by atoms with Crippen molar-refractivity contribution >= 4 is 11.8 Å². The number of benzene rings is 1. The van der Waals surface area contributed by atoms with E-state index in [9.17, 15) is 0 Å². The molecule has 0 atom stereocenters. The van der Waals surface area contributed by atoms with Crippen LogP contribution < -0.4 is 11.5 Å². The predicted molar refractivity (Wildman–Crippen MR) is 81.6 cm³/mol. The Balaban J connectivity index is 2.29. The van der Waals surface area contributed by atoms with Gasteiger partial charge in [0.15, 0.2) is 0 Å². The van der Waals surface area contributed by atoms with Crippen LogP contribution in [0.4, 0.5) is 0 Å². The molecule has 4 N–H and O–H groups in total. The summed E-state index contributed by atoms with van der Waals surface area (Å²) in [6.45, 7) is 3.85. The van der Waals surface area contributed by atoms with Gasteiger partial charge in [0, 0.05) is 17.2 Å². The van der Waals surface area contributed by atoms with Crippen LogP contribution in [-0.2, 0) is 0 Å². The van der Waals surface area contributed by atoms with Crippen LogP contribution in [0, 0.1) is 0 Å². The Bertz CT molecular complexity index is 627. The van der Waals surface area contributed by atoms with E-state index in [0.29, 0.717) is 5.84 Å². The van der Waals surface area contributed by atoms with Crippen LogP contribution in [-0.4, -0.2) is 17.8 Å². The fraction of sp³-hybridized carbons (Fsp3) is 0.200. The van der Waals surface area contributed by atoms with Crippen LogP contribution in [0.1, 0.15) is 19.4 Å². The number of guanidine groups is 1. The molecule has 5 heteroatoms. The summed E-state index contributed by atoms with van der Waals surface area (Å²) in [6.07, 6.45) is 1.63. The molecule has 2 rings (SSSR count). The van der Waals surface area contributed by atoms with E-state index < -0.39 is 0 Å². The Labute approximate surface area is 118 Å². The zero-order valence-corrected chi connectivity index (χ0v) is 11.6. The summed E-state index contributed by atoms with van der Waals surface area (Å²) in [7, 11) is 0. The number of amidine groups is 1. The van der Waals surface area contributed by atoms with Crippen LogP contribution in [0.5, 0.6) is 0 Å². The highest BCUT2D eigenvalue weighted by Gasteiger charge is 2.05. The lowest BCUT2D eigenvalue weighted by Gasteiger charge is -2.04. The predicted octanol–water partition coefficient (Wildman–Crippen LogP) is 2.38. The number of nitrogens with two attached hydrogens (primary N) is 2. The summed E-state index contributed by atoms with van der Waals surface area (Å²) in [6, 6.07) is 11.4. The Kier molecular flexibility index (Phi) is 4.20. The van der Waals surface area contributed by atoms with Gasteiger partial charge in [-0.2, -0.15) is 4.99 Å². The van der Waals surface area contributed by atoms with Crippen LogP contribution >= 0.6 is 0 Å². The van der Waals surface area contributed by atoms with E-state index in [1.165, 1.54) is 0 Å². The van der Waals surface area contributed by atoms with E-state index in [0.717, 1.165) is 16.9 Å². The van der Waals surface area contributed by atoms with Gasteiger partial charge >= 0.3 is 0 Å². The largest absolute Gasteiger partial charge is 0.464 e. The molecule has 0 fully saturated rings. The molecule has 0 aliphatic carbocycles. The summed E-state index contributed by atoms with van der Waals surface area (Å²) in [4.78, 5) is 8.22. The molecule has 5 nitrogen and oxygen atoms in total. The Morgan fingerprint density at radius 3 is 2.60 bits per heavy atom. The van der Waals surface area contributed by atoms with E-state index in [1.54, 1.807) is 6.26 Å². The lowest BCUT2D eigenvalue weighted by Crippen LogP contribution is -2.20. The zero-order chi connectivity index (χ0) is 14.5. The minimum Gasteiger partial charge on any atom is -0.464 e. The number of hydrogen-bond acceptors (Lipinski definition) is 2. The quantitative estimate of drug-likeness (QED) is 0.662. The monoisotopic (exact) mass is 270 g/mol. The molecular formula is C15H18N4O. The summed E-state index contributed by atoms with van der Waals surface area (Å²) in [5.74, 6) is 1.30. The van der Waals surface area contributed by atoms with Gasteiger partial charge in [-0.25, -0.2) is 4.99 Å². The third-order valence-corrected chi connectivity index (χ3v) is 2.59. The fourth-order valence-corrected chi connectivity index (χ4v) is 1.76. The molecule has 0 radical (unpaired) electrons. The molecule has 0 aliphatic rings. The maximum absolute atomic E-state index is 5.95. The highest BCUT2D eigenvalue weighted by Crippen LogP contribution is 2.20. The Morgan fingerprint density at radius 2 is 1.95 bits per heavy atom. The minimum atomic E-state index is 0.0843. The zero-order valence-electron chi connectivity index (χ0n) is 11.6. The molecular weight excluding hydrogens is 252 g/mol. The van der Waals surface area contributed by atoms with Crippen molar-refractivity contribution in [3.05, 3.63) is 48.2 Å². The summed E-state index contributed by atoms with van der Waals surface area (Å²) < 4.78 is 5.36. The topological polar surface area (TPSA) is 89.9 Å². The molecule has 1 heterocycles. The SMILES string of the molecule is CC(C)N=C(N)/N=C(\N)c1cccc(-c2ccco2)c1. The third-order valence-electron chi connectivity index (χ3n) is 2.59. The lowest BCUT2D eigenvalue weighted by atomic mass is 10.1. The molecule has 0 bridgehead atoms. The van der Waals surface area contributed by atoms with Gasteiger partial charge in [-0.05, 0) is 32.0 Å². The highest BCUT2D eigenvalue weighted by atomic mass is 16.3. The van der Waals surface area contributed by atoms with E-state index in [-0.39, 0.29) is 12.0 Å². The van der Waals surface area contributed by atoms with Crippen molar-refractivity contribution in [2.24, 2.45) is 21.5 Å². The second kappa shape index (κ2) is 6.06. The number of aliphatic imine (C=N–C) groups is 2. The molecule has 0 saturated carbocycles. The summed E-state index contributed by atoms with van der Waals surface area (Å²) in [5.41, 5.74) is 13.4. The molecule has 104 valence electrons. The normalized spacial score (nSPS) is 12.9. The van der Waals surface area contributed by atoms with Crippen molar-refractivity contribution in [2.75, 3.05) is 0 Å². The maximum atomic E-state index is 5.95. The minimum absolute atomic E-state index is 0.0843.